The molecule has 1 amide bonds. The highest BCUT2D eigenvalue weighted by atomic mass is 32.2. The number of thiophene rings is 1. The summed E-state index contributed by atoms with van der Waals surface area (Å²) in [6.45, 7) is 8.59. The molecule has 0 unspecified atom stereocenters. The number of aryl methyl sites for hydroxylation is 2. The van der Waals surface area contributed by atoms with Crippen LogP contribution in [0, 0.1) is 13.8 Å². The fourth-order valence-electron chi connectivity index (χ4n) is 2.90. The van der Waals surface area contributed by atoms with Crippen molar-refractivity contribution in [1.82, 2.24) is 14.8 Å². The van der Waals surface area contributed by atoms with E-state index in [1.165, 1.54) is 23.1 Å². The van der Waals surface area contributed by atoms with Gasteiger partial charge in [-0.2, -0.15) is 0 Å². The Morgan fingerprint density at radius 2 is 2.10 bits per heavy atom. The van der Waals surface area contributed by atoms with Gasteiger partial charge >= 0.3 is 5.97 Å². The molecule has 3 heterocycles. The number of esters is 1. The smallest absolute Gasteiger partial charge is 0.341 e. The van der Waals surface area contributed by atoms with Gasteiger partial charge in [-0.25, -0.2) is 4.79 Å². The highest BCUT2D eigenvalue weighted by Gasteiger charge is 2.20. The third kappa shape index (κ3) is 4.93. The van der Waals surface area contributed by atoms with Gasteiger partial charge in [0.05, 0.1) is 29.7 Å². The Bertz CT molecular complexity index is 1040. The van der Waals surface area contributed by atoms with E-state index in [1.54, 1.807) is 19.3 Å². The maximum absolute atomic E-state index is 12.5. The molecule has 0 aromatic carbocycles. The summed E-state index contributed by atoms with van der Waals surface area (Å²) in [5.41, 5.74) is 1.27. The van der Waals surface area contributed by atoms with E-state index in [-0.39, 0.29) is 18.3 Å². The van der Waals surface area contributed by atoms with E-state index in [4.69, 9.17) is 9.15 Å². The van der Waals surface area contributed by atoms with Gasteiger partial charge in [-0.15, -0.1) is 21.5 Å². The van der Waals surface area contributed by atoms with Crippen molar-refractivity contribution in [2.75, 3.05) is 17.7 Å². The molecule has 0 spiro atoms. The van der Waals surface area contributed by atoms with Crippen LogP contribution in [0.15, 0.2) is 28.0 Å². The molecule has 10 heteroatoms. The normalized spacial score (nSPS) is 10.9. The summed E-state index contributed by atoms with van der Waals surface area (Å²) in [6, 6.07) is 3.59. The Morgan fingerprint density at radius 1 is 1.30 bits per heavy atom. The summed E-state index contributed by atoms with van der Waals surface area (Å²) in [7, 11) is 0. The Kier molecular flexibility index (Phi) is 7.33. The summed E-state index contributed by atoms with van der Waals surface area (Å²) < 4.78 is 12.4. The maximum Gasteiger partial charge on any atom is 0.341 e. The largest absolute Gasteiger partial charge is 0.469 e. The molecule has 0 atom stereocenters. The van der Waals surface area contributed by atoms with Crippen LogP contribution in [0.3, 0.4) is 0 Å². The third-order valence-corrected chi connectivity index (χ3v) is 6.13. The van der Waals surface area contributed by atoms with E-state index in [0.717, 1.165) is 35.0 Å². The molecule has 0 aliphatic heterocycles. The lowest BCUT2D eigenvalue weighted by Gasteiger charge is -2.09. The molecule has 3 aromatic rings. The number of nitrogens with one attached hydrogen (secondary N) is 1. The van der Waals surface area contributed by atoms with Crippen molar-refractivity contribution in [3.05, 3.63) is 34.6 Å². The predicted octanol–water partition coefficient (Wildman–Crippen LogP) is 4.53. The Labute approximate surface area is 183 Å². The zero-order valence-corrected chi connectivity index (χ0v) is 19.0. The second-order valence-corrected chi connectivity index (χ2v) is 8.70. The van der Waals surface area contributed by atoms with Crippen LogP contribution in [0.1, 0.15) is 41.3 Å². The van der Waals surface area contributed by atoms with Gasteiger partial charge < -0.3 is 19.0 Å². The zero-order valence-electron chi connectivity index (χ0n) is 17.4. The molecular formula is C20H24N4O4S2. The van der Waals surface area contributed by atoms with Gasteiger partial charge in [0.15, 0.2) is 11.0 Å². The SMILES string of the molecule is CCCn1c(SCC(=O)Nc2sc(C)cc2C(=O)OCC)nnc1-c1ccoc1C. The van der Waals surface area contributed by atoms with Crippen LogP contribution in [0.2, 0.25) is 0 Å². The molecule has 0 saturated heterocycles. The van der Waals surface area contributed by atoms with Crippen molar-refractivity contribution in [2.24, 2.45) is 0 Å². The van der Waals surface area contributed by atoms with E-state index in [0.29, 0.717) is 15.7 Å². The first kappa shape index (κ1) is 22.1. The molecule has 30 heavy (non-hydrogen) atoms. The minimum absolute atomic E-state index is 0.144. The second-order valence-electron chi connectivity index (χ2n) is 6.51. The standard InChI is InChI=1S/C20H24N4O4S2/c1-5-8-24-17(14-7-9-28-13(14)4)22-23-20(24)29-11-16(25)21-18-15(10-12(3)30-18)19(26)27-6-2/h7,9-10H,5-6,8,11H2,1-4H3,(H,21,25). The number of amides is 1. The van der Waals surface area contributed by atoms with E-state index < -0.39 is 5.97 Å². The molecule has 0 fully saturated rings. The first-order chi connectivity index (χ1) is 14.4. The highest BCUT2D eigenvalue weighted by molar-refractivity contribution is 7.99. The molecule has 0 radical (unpaired) electrons. The predicted molar refractivity (Wildman–Crippen MR) is 117 cm³/mol. The maximum atomic E-state index is 12.5. The molecule has 0 bridgehead atoms. The van der Waals surface area contributed by atoms with E-state index in [1.807, 2.05) is 24.5 Å². The number of hydrogen-bond acceptors (Lipinski definition) is 8. The van der Waals surface area contributed by atoms with Crippen LogP contribution in [-0.4, -0.2) is 39.0 Å². The van der Waals surface area contributed by atoms with Crippen molar-refractivity contribution in [3.63, 3.8) is 0 Å². The van der Waals surface area contributed by atoms with Crippen LogP contribution < -0.4 is 5.32 Å². The summed E-state index contributed by atoms with van der Waals surface area (Å²) in [4.78, 5) is 25.6. The Balaban J connectivity index is 1.71. The van der Waals surface area contributed by atoms with Gasteiger partial charge in [-0.05, 0) is 39.3 Å². The van der Waals surface area contributed by atoms with E-state index in [9.17, 15) is 9.59 Å². The second kappa shape index (κ2) is 9.94. The first-order valence-electron chi connectivity index (χ1n) is 9.62. The molecule has 0 aliphatic carbocycles. The number of anilines is 1. The van der Waals surface area contributed by atoms with Crippen LogP contribution in [-0.2, 0) is 16.1 Å². The monoisotopic (exact) mass is 448 g/mol. The number of ether oxygens (including phenoxy) is 1. The molecular weight excluding hydrogens is 424 g/mol. The summed E-state index contributed by atoms with van der Waals surface area (Å²) >= 11 is 2.65. The number of nitrogens with zero attached hydrogens (tertiary/aromatic N) is 3. The van der Waals surface area contributed by atoms with Crippen molar-refractivity contribution in [1.29, 1.82) is 0 Å². The molecule has 3 aromatic heterocycles. The van der Waals surface area contributed by atoms with Gasteiger partial charge in [-0.1, -0.05) is 18.7 Å². The topological polar surface area (TPSA) is 99.2 Å². The summed E-state index contributed by atoms with van der Waals surface area (Å²) in [5.74, 6) is 0.982. The number of carbonyl (C=O) groups is 2. The van der Waals surface area contributed by atoms with Gasteiger partial charge in [-0.3, -0.25) is 4.79 Å². The van der Waals surface area contributed by atoms with Crippen LogP contribution >= 0.6 is 23.1 Å². The summed E-state index contributed by atoms with van der Waals surface area (Å²) in [6.07, 6.45) is 2.53. The van der Waals surface area contributed by atoms with E-state index in [2.05, 4.69) is 22.4 Å². The number of furan rings is 1. The van der Waals surface area contributed by atoms with Crippen LogP contribution in [0.5, 0.6) is 0 Å². The average molecular weight is 449 g/mol. The van der Waals surface area contributed by atoms with Gasteiger partial charge in [0.25, 0.3) is 0 Å². The molecule has 8 nitrogen and oxygen atoms in total. The minimum Gasteiger partial charge on any atom is -0.469 e. The Morgan fingerprint density at radius 3 is 2.77 bits per heavy atom. The number of rotatable bonds is 9. The van der Waals surface area contributed by atoms with Gasteiger partial charge in [0, 0.05) is 11.4 Å². The number of carbonyl (C=O) groups excluding carboxylic acids is 2. The average Bonchev–Trinajstić information content (AvgIpc) is 3.39. The molecule has 3 rings (SSSR count). The number of hydrogen-bond donors (Lipinski definition) is 1. The fourth-order valence-corrected chi connectivity index (χ4v) is 4.58. The molecule has 0 saturated carbocycles. The molecule has 0 aliphatic rings. The van der Waals surface area contributed by atoms with Crippen molar-refractivity contribution >= 4 is 40.0 Å². The minimum atomic E-state index is -0.437. The van der Waals surface area contributed by atoms with Crippen molar-refractivity contribution in [3.8, 4) is 11.4 Å². The van der Waals surface area contributed by atoms with E-state index >= 15 is 0 Å². The third-order valence-electron chi connectivity index (χ3n) is 4.20. The Hall–Kier alpha value is -2.59. The first-order valence-corrected chi connectivity index (χ1v) is 11.4. The molecule has 160 valence electrons. The van der Waals surface area contributed by atoms with Crippen molar-refractivity contribution < 1.29 is 18.7 Å². The highest BCUT2D eigenvalue weighted by Crippen LogP contribution is 2.30. The summed E-state index contributed by atoms with van der Waals surface area (Å²) in [5, 5.41) is 12.6. The van der Waals surface area contributed by atoms with Gasteiger partial charge in [0.2, 0.25) is 5.91 Å². The number of aromatic nitrogens is 3. The van der Waals surface area contributed by atoms with Crippen molar-refractivity contribution in [2.45, 2.75) is 45.8 Å². The van der Waals surface area contributed by atoms with Gasteiger partial charge in [0.1, 0.15) is 10.8 Å². The zero-order chi connectivity index (χ0) is 21.7. The van der Waals surface area contributed by atoms with Crippen LogP contribution in [0.4, 0.5) is 5.00 Å². The van der Waals surface area contributed by atoms with Crippen LogP contribution in [0.25, 0.3) is 11.4 Å². The number of thioether (sulfide) groups is 1. The fraction of sp³-hybridized carbons (Fsp3) is 0.400. The lowest BCUT2D eigenvalue weighted by atomic mass is 10.2. The lowest BCUT2D eigenvalue weighted by molar-refractivity contribution is -0.113. The quantitative estimate of drug-likeness (QED) is 0.379. The molecule has 1 N–H and O–H groups in total. The lowest BCUT2D eigenvalue weighted by Crippen LogP contribution is -2.16.